The Morgan fingerprint density at radius 2 is 2.04 bits per heavy atom. The summed E-state index contributed by atoms with van der Waals surface area (Å²) in [5.74, 6) is 0.0917. The highest BCUT2D eigenvalue weighted by atomic mass is 32.1. The van der Waals surface area contributed by atoms with Gasteiger partial charge in [0.15, 0.2) is 5.13 Å². The maximum Gasteiger partial charge on any atom is 0.237 e. The molecule has 2 heterocycles. The zero-order valence-electron chi connectivity index (χ0n) is 15.9. The summed E-state index contributed by atoms with van der Waals surface area (Å²) in [7, 11) is 0. The Hall–Kier alpha value is -1.47. The molecule has 1 aromatic heterocycles. The minimum atomic E-state index is -0.185. The molecule has 1 aliphatic heterocycles. The lowest BCUT2D eigenvalue weighted by Crippen LogP contribution is -2.53. The van der Waals surface area contributed by atoms with Crippen LogP contribution < -0.4 is 10.6 Å². The van der Waals surface area contributed by atoms with E-state index in [1.54, 1.807) is 0 Å². The maximum atomic E-state index is 12.4. The molecule has 0 spiro atoms. The summed E-state index contributed by atoms with van der Waals surface area (Å²) in [5.41, 5.74) is 0.736. The lowest BCUT2D eigenvalue weighted by Gasteiger charge is -2.36. The molecule has 25 heavy (non-hydrogen) atoms. The number of nitrogens with zero attached hydrogens (tertiary/aromatic N) is 2. The van der Waals surface area contributed by atoms with Gasteiger partial charge in [-0.2, -0.15) is 0 Å². The number of aryl methyl sites for hydroxylation is 1. The molecule has 1 saturated heterocycles. The van der Waals surface area contributed by atoms with E-state index in [1.165, 1.54) is 11.3 Å². The molecular formula is C18H30N4O2S. The maximum absolute atomic E-state index is 12.4. The van der Waals surface area contributed by atoms with Crippen molar-refractivity contribution >= 4 is 28.3 Å². The molecule has 1 aromatic rings. The molecule has 140 valence electrons. The fourth-order valence-electron chi connectivity index (χ4n) is 2.86. The highest BCUT2D eigenvalue weighted by molar-refractivity contribution is 7.13. The van der Waals surface area contributed by atoms with Crippen LogP contribution in [0.2, 0.25) is 0 Å². The van der Waals surface area contributed by atoms with E-state index in [9.17, 15) is 9.59 Å². The minimum absolute atomic E-state index is 0.0113. The van der Waals surface area contributed by atoms with Crippen LogP contribution in [0.4, 0.5) is 5.13 Å². The number of piperidine rings is 1. The van der Waals surface area contributed by atoms with Crippen LogP contribution in [0.1, 0.15) is 52.7 Å². The van der Waals surface area contributed by atoms with Crippen LogP contribution >= 0.6 is 11.3 Å². The zero-order valence-corrected chi connectivity index (χ0v) is 16.7. The second-order valence-electron chi connectivity index (χ2n) is 7.50. The van der Waals surface area contributed by atoms with Crippen molar-refractivity contribution in [2.75, 3.05) is 18.4 Å². The highest BCUT2D eigenvalue weighted by Crippen LogP contribution is 2.22. The Kier molecular flexibility index (Phi) is 6.57. The molecule has 0 saturated carbocycles. The largest absolute Gasteiger partial charge is 0.350 e. The molecule has 1 atom stereocenters. The van der Waals surface area contributed by atoms with Crippen molar-refractivity contribution in [1.82, 2.24) is 15.2 Å². The van der Waals surface area contributed by atoms with Gasteiger partial charge in [0.25, 0.3) is 0 Å². The number of carbonyl (C=O) groups is 2. The third-order valence-corrected chi connectivity index (χ3v) is 5.90. The quantitative estimate of drug-likeness (QED) is 0.812. The van der Waals surface area contributed by atoms with E-state index in [0.29, 0.717) is 5.13 Å². The van der Waals surface area contributed by atoms with Gasteiger partial charge in [-0.1, -0.05) is 6.92 Å². The predicted molar refractivity (Wildman–Crippen MR) is 102 cm³/mol. The van der Waals surface area contributed by atoms with Gasteiger partial charge in [-0.25, -0.2) is 4.98 Å². The normalized spacial score (nSPS) is 18.0. The van der Waals surface area contributed by atoms with E-state index in [0.717, 1.165) is 38.0 Å². The van der Waals surface area contributed by atoms with Gasteiger partial charge >= 0.3 is 0 Å². The summed E-state index contributed by atoms with van der Waals surface area (Å²) in [4.78, 5) is 31.3. The smallest absolute Gasteiger partial charge is 0.237 e. The lowest BCUT2D eigenvalue weighted by atomic mass is 9.94. The summed E-state index contributed by atoms with van der Waals surface area (Å²) in [5, 5.41) is 8.61. The van der Waals surface area contributed by atoms with Gasteiger partial charge in [0, 0.05) is 16.8 Å². The van der Waals surface area contributed by atoms with Crippen molar-refractivity contribution in [1.29, 1.82) is 0 Å². The lowest BCUT2D eigenvalue weighted by molar-refractivity contribution is -0.128. The molecular weight excluding hydrogens is 336 g/mol. The van der Waals surface area contributed by atoms with Crippen molar-refractivity contribution in [2.24, 2.45) is 5.92 Å². The van der Waals surface area contributed by atoms with Crippen molar-refractivity contribution in [2.45, 2.75) is 65.5 Å². The molecule has 0 aliphatic carbocycles. The molecule has 1 fully saturated rings. The standard InChI is InChI=1S/C18H30N4O2S/c1-6-18(4,5)21-15(23)13(3)22-9-7-14(8-10-22)16(24)20-17-19-12(2)11-25-17/h11,13-14H,6-10H2,1-5H3,(H,21,23)(H,19,20,24). The van der Waals surface area contributed by atoms with Crippen LogP contribution in [0.5, 0.6) is 0 Å². The van der Waals surface area contributed by atoms with Crippen LogP contribution in [-0.4, -0.2) is 46.4 Å². The van der Waals surface area contributed by atoms with E-state index in [-0.39, 0.29) is 29.3 Å². The summed E-state index contributed by atoms with van der Waals surface area (Å²) in [6, 6.07) is -0.170. The minimum Gasteiger partial charge on any atom is -0.350 e. The first kappa shape index (κ1) is 19.8. The predicted octanol–water partition coefficient (Wildman–Crippen LogP) is 2.80. The van der Waals surface area contributed by atoms with E-state index >= 15 is 0 Å². The number of carbonyl (C=O) groups excluding carboxylic acids is 2. The third-order valence-electron chi connectivity index (χ3n) is 5.02. The monoisotopic (exact) mass is 366 g/mol. The van der Waals surface area contributed by atoms with Crippen LogP contribution in [-0.2, 0) is 9.59 Å². The van der Waals surface area contributed by atoms with Crippen LogP contribution in [0, 0.1) is 12.8 Å². The Morgan fingerprint density at radius 3 is 2.56 bits per heavy atom. The molecule has 2 N–H and O–H groups in total. The van der Waals surface area contributed by atoms with E-state index in [1.807, 2.05) is 33.1 Å². The third kappa shape index (κ3) is 5.51. The fraction of sp³-hybridized carbons (Fsp3) is 0.722. The van der Waals surface area contributed by atoms with E-state index < -0.39 is 0 Å². The second kappa shape index (κ2) is 8.27. The number of hydrogen-bond acceptors (Lipinski definition) is 5. The molecule has 1 unspecified atom stereocenters. The average molecular weight is 367 g/mol. The number of rotatable bonds is 6. The second-order valence-corrected chi connectivity index (χ2v) is 8.35. The Labute approximate surface area is 154 Å². The van der Waals surface area contributed by atoms with E-state index in [4.69, 9.17) is 0 Å². The highest BCUT2D eigenvalue weighted by Gasteiger charge is 2.31. The van der Waals surface area contributed by atoms with Gasteiger partial charge in [0.1, 0.15) is 0 Å². The number of hydrogen-bond donors (Lipinski definition) is 2. The van der Waals surface area contributed by atoms with Gasteiger partial charge in [-0.3, -0.25) is 14.5 Å². The first-order valence-electron chi connectivity index (χ1n) is 9.01. The molecule has 2 rings (SSSR count). The van der Waals surface area contributed by atoms with E-state index in [2.05, 4.69) is 27.4 Å². The first-order chi connectivity index (χ1) is 11.7. The van der Waals surface area contributed by atoms with Crippen molar-refractivity contribution in [3.63, 3.8) is 0 Å². The number of nitrogens with one attached hydrogen (secondary N) is 2. The zero-order chi connectivity index (χ0) is 18.6. The number of thiazole rings is 1. The molecule has 1 aliphatic rings. The van der Waals surface area contributed by atoms with Crippen molar-refractivity contribution < 1.29 is 9.59 Å². The summed E-state index contributed by atoms with van der Waals surface area (Å²) < 4.78 is 0. The SMILES string of the molecule is CCC(C)(C)NC(=O)C(C)N1CCC(C(=O)Nc2nc(C)cs2)CC1. The Balaban J connectivity index is 1.82. The number of likely N-dealkylation sites (tertiary alicyclic amines) is 1. The number of aromatic nitrogens is 1. The molecule has 6 nitrogen and oxygen atoms in total. The van der Waals surface area contributed by atoms with Crippen LogP contribution in [0.15, 0.2) is 5.38 Å². The Morgan fingerprint density at radius 1 is 1.40 bits per heavy atom. The summed E-state index contributed by atoms with van der Waals surface area (Å²) in [6.07, 6.45) is 2.43. The Bertz CT molecular complexity index is 606. The van der Waals surface area contributed by atoms with Gasteiger partial charge in [0.05, 0.1) is 11.7 Å². The summed E-state index contributed by atoms with van der Waals surface area (Å²) in [6.45, 7) is 11.5. The average Bonchev–Trinajstić information content (AvgIpc) is 2.98. The van der Waals surface area contributed by atoms with Gasteiger partial charge in [-0.15, -0.1) is 11.3 Å². The number of amides is 2. The molecule has 7 heteroatoms. The van der Waals surface area contributed by atoms with Crippen molar-refractivity contribution in [3.8, 4) is 0 Å². The molecule has 2 amide bonds. The number of anilines is 1. The summed E-state index contributed by atoms with van der Waals surface area (Å²) >= 11 is 1.45. The van der Waals surface area contributed by atoms with Crippen LogP contribution in [0.3, 0.4) is 0 Å². The molecule has 0 aromatic carbocycles. The van der Waals surface area contributed by atoms with Gasteiger partial charge in [0.2, 0.25) is 11.8 Å². The van der Waals surface area contributed by atoms with Crippen molar-refractivity contribution in [3.05, 3.63) is 11.1 Å². The van der Waals surface area contributed by atoms with Gasteiger partial charge in [-0.05, 0) is 60.0 Å². The fourth-order valence-corrected chi connectivity index (χ4v) is 3.55. The van der Waals surface area contributed by atoms with Gasteiger partial charge < -0.3 is 10.6 Å². The molecule has 0 bridgehead atoms. The topological polar surface area (TPSA) is 74.3 Å². The van der Waals surface area contributed by atoms with Crippen LogP contribution in [0.25, 0.3) is 0 Å². The molecule has 0 radical (unpaired) electrons. The first-order valence-corrected chi connectivity index (χ1v) is 9.89.